The van der Waals surface area contributed by atoms with Crippen LogP contribution in [0.3, 0.4) is 0 Å². The summed E-state index contributed by atoms with van der Waals surface area (Å²) in [4.78, 5) is 15.0. The lowest BCUT2D eigenvalue weighted by Crippen LogP contribution is -2.01. The van der Waals surface area contributed by atoms with Gasteiger partial charge in [-0.1, -0.05) is 66.7 Å². The molecule has 4 aromatic heterocycles. The maximum Gasteiger partial charge on any atom is 0.235 e. The van der Waals surface area contributed by atoms with Gasteiger partial charge in [0.2, 0.25) is 5.95 Å². The third-order valence-corrected chi connectivity index (χ3v) is 7.99. The predicted octanol–water partition coefficient (Wildman–Crippen LogP) is 8.16. The molecule has 36 heavy (non-hydrogen) atoms. The Labute approximate surface area is 210 Å². The highest BCUT2D eigenvalue weighted by Crippen LogP contribution is 2.42. The molecular weight excluding hydrogens is 460 g/mol. The molecule has 0 amide bonds. The van der Waals surface area contributed by atoms with Gasteiger partial charge in [0.15, 0.2) is 0 Å². The van der Waals surface area contributed by atoms with Gasteiger partial charge in [0.25, 0.3) is 0 Å². The molecule has 168 valence electrons. The molecule has 4 aromatic carbocycles. The largest absolute Gasteiger partial charge is 0.276 e. The standard InChI is InChI=1S/C31H18N4S/c1-2-8-19(9-3-1)24-15-16-25-29(33-24)22-14-17-27-28(21-11-5-7-13-26(21)36-27)30(22)35(25)31-32-18-20-10-4-6-12-23(20)34-31/h1-18H. The number of nitrogens with zero attached hydrogens (tertiary/aromatic N) is 4. The molecule has 8 rings (SSSR count). The highest BCUT2D eigenvalue weighted by molar-refractivity contribution is 7.26. The predicted molar refractivity (Wildman–Crippen MR) is 150 cm³/mol. The quantitative estimate of drug-likeness (QED) is 0.252. The van der Waals surface area contributed by atoms with Crippen LogP contribution < -0.4 is 0 Å². The van der Waals surface area contributed by atoms with Crippen LogP contribution in [0.4, 0.5) is 0 Å². The molecule has 8 aromatic rings. The molecule has 5 heteroatoms. The molecular formula is C31H18N4S. The normalized spacial score (nSPS) is 11.9. The van der Waals surface area contributed by atoms with E-state index in [-0.39, 0.29) is 0 Å². The van der Waals surface area contributed by atoms with E-state index in [4.69, 9.17) is 15.0 Å². The molecule has 0 unspecified atom stereocenters. The van der Waals surface area contributed by atoms with Crippen molar-refractivity contribution >= 4 is 64.3 Å². The summed E-state index contributed by atoms with van der Waals surface area (Å²) >= 11 is 1.82. The number of hydrogen-bond acceptors (Lipinski definition) is 4. The molecule has 0 spiro atoms. The van der Waals surface area contributed by atoms with Crippen LogP contribution in [0.5, 0.6) is 0 Å². The van der Waals surface area contributed by atoms with Crippen molar-refractivity contribution in [1.29, 1.82) is 0 Å². The van der Waals surface area contributed by atoms with E-state index in [0.717, 1.165) is 44.1 Å². The van der Waals surface area contributed by atoms with E-state index >= 15 is 0 Å². The maximum absolute atomic E-state index is 5.18. The van der Waals surface area contributed by atoms with E-state index in [2.05, 4.69) is 77.4 Å². The van der Waals surface area contributed by atoms with E-state index in [1.165, 1.54) is 20.2 Å². The van der Waals surface area contributed by atoms with Crippen LogP contribution in [-0.4, -0.2) is 19.5 Å². The minimum Gasteiger partial charge on any atom is -0.276 e. The Balaban J connectivity index is 1.56. The molecule has 0 N–H and O–H groups in total. The Morgan fingerprint density at radius 1 is 0.639 bits per heavy atom. The van der Waals surface area contributed by atoms with E-state index in [9.17, 15) is 0 Å². The molecule has 0 aliphatic carbocycles. The summed E-state index contributed by atoms with van der Waals surface area (Å²) in [6, 6.07) is 35.7. The molecule has 0 saturated carbocycles. The molecule has 0 radical (unpaired) electrons. The first-order valence-corrected chi connectivity index (χ1v) is 12.7. The van der Waals surface area contributed by atoms with Crippen LogP contribution in [0, 0.1) is 0 Å². The van der Waals surface area contributed by atoms with Gasteiger partial charge in [-0.3, -0.25) is 4.57 Å². The van der Waals surface area contributed by atoms with Crippen molar-refractivity contribution in [2.45, 2.75) is 0 Å². The lowest BCUT2D eigenvalue weighted by atomic mass is 10.1. The minimum atomic E-state index is 0.658. The zero-order chi connectivity index (χ0) is 23.6. The first-order chi connectivity index (χ1) is 17.8. The summed E-state index contributed by atoms with van der Waals surface area (Å²) < 4.78 is 4.71. The van der Waals surface area contributed by atoms with Gasteiger partial charge >= 0.3 is 0 Å². The highest BCUT2D eigenvalue weighted by Gasteiger charge is 2.20. The zero-order valence-electron chi connectivity index (χ0n) is 19.1. The average molecular weight is 479 g/mol. The third kappa shape index (κ3) is 2.78. The van der Waals surface area contributed by atoms with Crippen molar-refractivity contribution in [3.63, 3.8) is 0 Å². The second-order valence-corrected chi connectivity index (χ2v) is 10.0. The van der Waals surface area contributed by atoms with Crippen LogP contribution >= 0.6 is 11.3 Å². The zero-order valence-corrected chi connectivity index (χ0v) is 19.9. The van der Waals surface area contributed by atoms with Gasteiger partial charge < -0.3 is 0 Å². The third-order valence-electron chi connectivity index (χ3n) is 6.86. The summed E-state index contributed by atoms with van der Waals surface area (Å²) in [5.41, 5.74) is 6.05. The van der Waals surface area contributed by atoms with Crippen LogP contribution in [-0.2, 0) is 0 Å². The lowest BCUT2D eigenvalue weighted by molar-refractivity contribution is 1.01. The van der Waals surface area contributed by atoms with Gasteiger partial charge in [-0.25, -0.2) is 15.0 Å². The number of hydrogen-bond donors (Lipinski definition) is 0. The molecule has 4 heterocycles. The van der Waals surface area contributed by atoms with Crippen LogP contribution in [0.15, 0.2) is 109 Å². The van der Waals surface area contributed by atoms with Gasteiger partial charge in [-0.2, -0.15) is 0 Å². The first-order valence-electron chi connectivity index (χ1n) is 11.9. The number of para-hydroxylation sites is 1. The molecule has 0 aliphatic heterocycles. The van der Waals surface area contributed by atoms with Crippen molar-refractivity contribution in [1.82, 2.24) is 19.5 Å². The van der Waals surface area contributed by atoms with Crippen molar-refractivity contribution < 1.29 is 0 Å². The fraction of sp³-hybridized carbons (Fsp3) is 0. The summed E-state index contributed by atoms with van der Waals surface area (Å²) in [5, 5.41) is 4.61. The van der Waals surface area contributed by atoms with E-state index in [1.807, 2.05) is 47.9 Å². The van der Waals surface area contributed by atoms with Crippen LogP contribution in [0.1, 0.15) is 0 Å². The molecule has 0 fully saturated rings. The van der Waals surface area contributed by atoms with E-state index in [0.29, 0.717) is 5.95 Å². The van der Waals surface area contributed by atoms with Crippen molar-refractivity contribution in [3.05, 3.63) is 109 Å². The summed E-state index contributed by atoms with van der Waals surface area (Å²) in [6.45, 7) is 0. The SMILES string of the molecule is c1ccc(-c2ccc3c(n2)c2ccc4sc5ccccc5c4c2n3-c2ncc3ccccc3n2)cc1. The average Bonchev–Trinajstić information content (AvgIpc) is 3.48. The fourth-order valence-electron chi connectivity index (χ4n) is 5.22. The van der Waals surface area contributed by atoms with Crippen molar-refractivity contribution in [2.75, 3.05) is 0 Å². The maximum atomic E-state index is 5.18. The number of benzene rings is 4. The number of fused-ring (bicyclic) bond motifs is 8. The summed E-state index contributed by atoms with van der Waals surface area (Å²) in [6.07, 6.45) is 1.91. The van der Waals surface area contributed by atoms with E-state index < -0.39 is 0 Å². The van der Waals surface area contributed by atoms with Crippen molar-refractivity contribution in [3.8, 4) is 17.2 Å². The number of thiophene rings is 1. The van der Waals surface area contributed by atoms with Gasteiger partial charge in [-0.05, 0) is 36.4 Å². The Bertz CT molecular complexity index is 2100. The monoisotopic (exact) mass is 478 g/mol. The topological polar surface area (TPSA) is 43.6 Å². The summed E-state index contributed by atoms with van der Waals surface area (Å²) in [5.74, 6) is 0.658. The second kappa shape index (κ2) is 7.44. The van der Waals surface area contributed by atoms with Gasteiger partial charge in [0.1, 0.15) is 0 Å². The number of rotatable bonds is 2. The molecule has 0 aliphatic rings. The number of aromatic nitrogens is 4. The fourth-order valence-corrected chi connectivity index (χ4v) is 6.33. The summed E-state index contributed by atoms with van der Waals surface area (Å²) in [7, 11) is 0. The smallest absolute Gasteiger partial charge is 0.235 e. The van der Waals surface area contributed by atoms with Crippen molar-refractivity contribution in [2.24, 2.45) is 0 Å². The Kier molecular flexibility index (Phi) is 4.07. The first kappa shape index (κ1) is 19.7. The number of pyridine rings is 1. The molecule has 0 saturated heterocycles. The van der Waals surface area contributed by atoms with Gasteiger partial charge in [0.05, 0.1) is 27.8 Å². The lowest BCUT2D eigenvalue weighted by Gasteiger charge is -2.08. The highest BCUT2D eigenvalue weighted by atomic mass is 32.1. The van der Waals surface area contributed by atoms with Gasteiger partial charge in [0, 0.05) is 42.7 Å². The minimum absolute atomic E-state index is 0.658. The Hall–Kier alpha value is -4.61. The molecule has 4 nitrogen and oxygen atoms in total. The Morgan fingerprint density at radius 3 is 2.42 bits per heavy atom. The van der Waals surface area contributed by atoms with E-state index in [1.54, 1.807) is 0 Å². The molecule has 0 atom stereocenters. The second-order valence-electron chi connectivity index (χ2n) is 8.93. The molecule has 0 bridgehead atoms. The Morgan fingerprint density at radius 2 is 1.47 bits per heavy atom. The van der Waals surface area contributed by atoms with Crippen LogP contribution in [0.25, 0.3) is 70.2 Å². The van der Waals surface area contributed by atoms with Crippen LogP contribution in [0.2, 0.25) is 0 Å². The van der Waals surface area contributed by atoms with Gasteiger partial charge in [-0.15, -0.1) is 11.3 Å².